The van der Waals surface area contributed by atoms with Crippen LogP contribution < -0.4 is 0 Å². The van der Waals surface area contributed by atoms with E-state index in [1.165, 1.54) is 5.56 Å². The summed E-state index contributed by atoms with van der Waals surface area (Å²) >= 11 is 0. The van der Waals surface area contributed by atoms with Crippen LogP contribution in [0.15, 0.2) is 48.6 Å². The molecule has 1 aromatic carbocycles. The number of benzene rings is 1. The molecule has 0 amide bonds. The van der Waals surface area contributed by atoms with Crippen LogP contribution in [0.3, 0.4) is 0 Å². The number of rotatable bonds is 0. The largest absolute Gasteiger partial charge is 0.273 e. The molecule has 0 fully saturated rings. The second kappa shape index (κ2) is 7.91. The van der Waals surface area contributed by atoms with Gasteiger partial charge in [-0.2, -0.15) is 6.08 Å². The smallest absolute Gasteiger partial charge is 0 e. The van der Waals surface area contributed by atoms with Gasteiger partial charge in [0.15, 0.2) is 0 Å². The van der Waals surface area contributed by atoms with Gasteiger partial charge in [-0.15, -0.1) is 6.42 Å². The van der Waals surface area contributed by atoms with Gasteiger partial charge in [-0.05, 0) is 6.92 Å². The van der Waals surface area contributed by atoms with Crippen LogP contribution in [-0.4, -0.2) is 0 Å². The Morgan fingerprint density at radius 3 is 2.08 bits per heavy atom. The van der Waals surface area contributed by atoms with Crippen molar-refractivity contribution in [2.75, 3.05) is 0 Å². The maximum absolute atomic E-state index is 2.99. The van der Waals surface area contributed by atoms with Gasteiger partial charge in [0.05, 0.1) is 0 Å². The van der Waals surface area contributed by atoms with Gasteiger partial charge >= 0.3 is 0 Å². The molecule has 13 heavy (non-hydrogen) atoms. The van der Waals surface area contributed by atoms with E-state index in [0.29, 0.717) is 0 Å². The summed E-state index contributed by atoms with van der Waals surface area (Å²) in [5.74, 6) is 0. The topological polar surface area (TPSA) is 0 Å². The van der Waals surface area contributed by atoms with Gasteiger partial charge in [0.1, 0.15) is 0 Å². The van der Waals surface area contributed by atoms with Crippen molar-refractivity contribution in [1.29, 1.82) is 0 Å². The number of allylic oxidation sites excluding steroid dienone is 4. The molecule has 1 aromatic rings. The molecule has 0 atom stereocenters. The van der Waals surface area contributed by atoms with Crippen molar-refractivity contribution >= 4 is 0 Å². The van der Waals surface area contributed by atoms with Crippen LogP contribution >= 0.6 is 0 Å². The van der Waals surface area contributed by atoms with E-state index in [9.17, 15) is 0 Å². The minimum absolute atomic E-state index is 0. The van der Waals surface area contributed by atoms with Crippen LogP contribution in [0.25, 0.3) is 0 Å². The van der Waals surface area contributed by atoms with Crippen LogP contribution in [-0.2, 0) is 18.6 Å². The zero-order valence-corrected chi connectivity index (χ0v) is 9.17. The predicted octanol–water partition coefficient (Wildman–Crippen LogP) is 3.30. The Morgan fingerprint density at radius 2 is 1.85 bits per heavy atom. The quantitative estimate of drug-likeness (QED) is 0.574. The van der Waals surface area contributed by atoms with Crippen molar-refractivity contribution in [3.8, 4) is 0 Å². The number of hydrogen-bond acceptors (Lipinski definition) is 0. The van der Waals surface area contributed by atoms with Crippen LogP contribution in [0.2, 0.25) is 0 Å². The zero-order valence-electron chi connectivity index (χ0n) is 7.77. The molecular weight excluding hydrogens is 195 g/mol. The molecule has 0 unspecified atom stereocenters. The third-order valence-corrected chi connectivity index (χ3v) is 1.53. The molecule has 1 heteroatoms. The number of aryl methyl sites for hydroxylation is 1. The van der Waals surface area contributed by atoms with Gasteiger partial charge in [0.25, 0.3) is 0 Å². The van der Waals surface area contributed by atoms with Crippen LogP contribution in [0.5, 0.6) is 0 Å². The SMILES string of the molecule is Cc1ccccc1.[C-]1=CC=CC1.[V]. The first-order chi connectivity index (χ1) is 5.89. The molecule has 0 saturated carbocycles. The van der Waals surface area contributed by atoms with E-state index in [0.717, 1.165) is 6.42 Å². The third kappa shape index (κ3) is 6.45. The van der Waals surface area contributed by atoms with Crippen molar-refractivity contribution in [2.45, 2.75) is 13.3 Å². The third-order valence-electron chi connectivity index (χ3n) is 1.53. The molecule has 0 spiro atoms. The molecule has 0 aliphatic heterocycles. The summed E-state index contributed by atoms with van der Waals surface area (Å²) in [5, 5.41) is 0. The van der Waals surface area contributed by atoms with Gasteiger partial charge in [-0.25, -0.2) is 12.2 Å². The van der Waals surface area contributed by atoms with Gasteiger partial charge in [0, 0.05) is 18.6 Å². The normalized spacial score (nSPS) is 11.5. The fourth-order valence-corrected chi connectivity index (χ4v) is 0.875. The molecule has 0 heterocycles. The Kier molecular flexibility index (Phi) is 7.47. The van der Waals surface area contributed by atoms with Gasteiger partial charge in [-0.3, -0.25) is 6.08 Å². The second-order valence-corrected chi connectivity index (χ2v) is 2.66. The molecule has 1 aliphatic rings. The molecule has 0 N–H and O–H groups in total. The van der Waals surface area contributed by atoms with Gasteiger partial charge < -0.3 is 0 Å². The first kappa shape index (κ1) is 12.3. The summed E-state index contributed by atoms with van der Waals surface area (Å²) in [6.45, 7) is 2.08. The van der Waals surface area contributed by atoms with E-state index in [-0.39, 0.29) is 18.6 Å². The van der Waals surface area contributed by atoms with Crippen molar-refractivity contribution in [2.24, 2.45) is 0 Å². The maximum Gasteiger partial charge on any atom is 0 e. The average Bonchev–Trinajstić information content (AvgIpc) is 2.62. The molecule has 0 nitrogen and oxygen atoms in total. The molecule has 0 bridgehead atoms. The summed E-state index contributed by atoms with van der Waals surface area (Å²) < 4.78 is 0. The fraction of sp³-hybridized carbons (Fsp3) is 0.167. The van der Waals surface area contributed by atoms with E-state index >= 15 is 0 Å². The summed E-state index contributed by atoms with van der Waals surface area (Å²) in [4.78, 5) is 0. The zero-order chi connectivity index (χ0) is 8.65. The molecule has 0 saturated heterocycles. The summed E-state index contributed by atoms with van der Waals surface area (Å²) in [6, 6.07) is 10.3. The first-order valence-corrected chi connectivity index (χ1v) is 4.13. The van der Waals surface area contributed by atoms with Crippen molar-refractivity contribution in [3.63, 3.8) is 0 Å². The Balaban J connectivity index is 0.000000215. The number of hydrogen-bond donors (Lipinski definition) is 0. The van der Waals surface area contributed by atoms with E-state index in [4.69, 9.17) is 0 Å². The van der Waals surface area contributed by atoms with Gasteiger partial charge in [0.2, 0.25) is 0 Å². The van der Waals surface area contributed by atoms with E-state index < -0.39 is 0 Å². The van der Waals surface area contributed by atoms with Crippen molar-refractivity contribution < 1.29 is 18.6 Å². The van der Waals surface area contributed by atoms with Crippen LogP contribution in [0.1, 0.15) is 12.0 Å². The Labute approximate surface area is 92.2 Å². The standard InChI is InChI=1S/C7H8.C5H5.V/c1-7-5-3-2-4-6-7;1-2-4-5-3-1;/h2-6H,1H3;1-3H,4H2;/q;-1;. The molecule has 0 aromatic heterocycles. The molecule has 2 rings (SSSR count). The van der Waals surface area contributed by atoms with Crippen LogP contribution in [0, 0.1) is 13.0 Å². The van der Waals surface area contributed by atoms with E-state index in [1.54, 1.807) is 0 Å². The fourth-order valence-electron chi connectivity index (χ4n) is 0.875. The van der Waals surface area contributed by atoms with Crippen molar-refractivity contribution in [3.05, 3.63) is 60.2 Å². The van der Waals surface area contributed by atoms with Crippen molar-refractivity contribution in [1.82, 2.24) is 0 Å². The second-order valence-electron chi connectivity index (χ2n) is 2.66. The summed E-state index contributed by atoms with van der Waals surface area (Å²) in [7, 11) is 0. The van der Waals surface area contributed by atoms with Gasteiger partial charge in [-0.1, -0.05) is 35.9 Å². The molecule has 67 valence electrons. The Morgan fingerprint density at radius 1 is 1.15 bits per heavy atom. The first-order valence-electron chi connectivity index (χ1n) is 4.13. The summed E-state index contributed by atoms with van der Waals surface area (Å²) in [6.07, 6.45) is 10.0. The van der Waals surface area contributed by atoms with E-state index in [1.807, 2.05) is 30.4 Å². The summed E-state index contributed by atoms with van der Waals surface area (Å²) in [5.41, 5.74) is 1.32. The maximum atomic E-state index is 2.99. The monoisotopic (exact) mass is 208 g/mol. The molecular formula is C12H13V-. The predicted molar refractivity (Wildman–Crippen MR) is 52.7 cm³/mol. The Bertz CT molecular complexity index is 250. The molecule has 1 aliphatic carbocycles. The van der Waals surface area contributed by atoms with E-state index in [2.05, 4.69) is 31.2 Å². The Hall–Kier alpha value is -0.716. The minimum atomic E-state index is 0. The van der Waals surface area contributed by atoms with Crippen LogP contribution in [0.4, 0.5) is 0 Å². The minimum Gasteiger partial charge on any atom is -0.273 e. The average molecular weight is 208 g/mol. The molecule has 1 radical (unpaired) electrons.